The lowest BCUT2D eigenvalue weighted by atomic mass is 10.3. The predicted molar refractivity (Wildman–Crippen MR) is 93.0 cm³/mol. The van der Waals surface area contributed by atoms with E-state index in [9.17, 15) is 0 Å². The molecule has 2 rings (SSSR count). The van der Waals surface area contributed by atoms with Gasteiger partial charge in [0.1, 0.15) is 5.76 Å². The number of ether oxygens (including phenoxy) is 1. The van der Waals surface area contributed by atoms with E-state index >= 15 is 0 Å². The zero-order chi connectivity index (χ0) is 17.4. The number of aromatic nitrogens is 2. The summed E-state index contributed by atoms with van der Waals surface area (Å²) >= 11 is 0. The van der Waals surface area contributed by atoms with Crippen LogP contribution in [0, 0.1) is 13.8 Å². The standard InChI is InChI=1S/C17H25N5O2/c1-5-18-17(21-11-15-22-12(3)13(4)24-15)20-10-14-8-7-9-19-16(14)23-6-2/h7-9H,5-6,10-11H2,1-4H3,(H2,18,20,21). The summed E-state index contributed by atoms with van der Waals surface area (Å²) < 4.78 is 11.1. The average Bonchev–Trinajstić information content (AvgIpc) is 2.90. The molecule has 0 aliphatic rings. The van der Waals surface area contributed by atoms with E-state index in [1.807, 2.05) is 39.8 Å². The highest BCUT2D eigenvalue weighted by Crippen LogP contribution is 2.15. The monoisotopic (exact) mass is 331 g/mol. The van der Waals surface area contributed by atoms with Crippen molar-refractivity contribution < 1.29 is 9.15 Å². The van der Waals surface area contributed by atoms with Crippen LogP contribution >= 0.6 is 0 Å². The van der Waals surface area contributed by atoms with Crippen LogP contribution in [0.5, 0.6) is 5.88 Å². The summed E-state index contributed by atoms with van der Waals surface area (Å²) in [6.45, 7) is 10.1. The fraction of sp³-hybridized carbons (Fsp3) is 0.471. The highest BCUT2D eigenvalue weighted by atomic mass is 16.5. The maximum absolute atomic E-state index is 5.57. The van der Waals surface area contributed by atoms with Crippen LogP contribution in [0.1, 0.15) is 36.8 Å². The first-order chi connectivity index (χ1) is 11.6. The normalized spacial score (nSPS) is 11.4. The van der Waals surface area contributed by atoms with Crippen LogP contribution in [0.4, 0.5) is 0 Å². The molecular formula is C17H25N5O2. The van der Waals surface area contributed by atoms with E-state index in [0.29, 0.717) is 37.4 Å². The Morgan fingerprint density at radius 2 is 2.12 bits per heavy atom. The van der Waals surface area contributed by atoms with Gasteiger partial charge in [-0.3, -0.25) is 0 Å². The lowest BCUT2D eigenvalue weighted by Crippen LogP contribution is -2.36. The minimum atomic E-state index is 0.474. The summed E-state index contributed by atoms with van der Waals surface area (Å²) in [6, 6.07) is 3.85. The molecule has 2 aromatic heterocycles. The summed E-state index contributed by atoms with van der Waals surface area (Å²) in [5.41, 5.74) is 1.85. The summed E-state index contributed by atoms with van der Waals surface area (Å²) in [5.74, 6) is 2.80. The first-order valence-electron chi connectivity index (χ1n) is 8.15. The van der Waals surface area contributed by atoms with Gasteiger partial charge >= 0.3 is 0 Å². The lowest BCUT2D eigenvalue weighted by molar-refractivity contribution is 0.323. The molecule has 24 heavy (non-hydrogen) atoms. The SMILES string of the molecule is CCNC(=NCc1cccnc1OCC)NCc1nc(C)c(C)o1. The van der Waals surface area contributed by atoms with Gasteiger partial charge in [0.05, 0.1) is 25.4 Å². The van der Waals surface area contributed by atoms with Gasteiger partial charge in [0, 0.05) is 18.3 Å². The van der Waals surface area contributed by atoms with Gasteiger partial charge in [-0.15, -0.1) is 0 Å². The van der Waals surface area contributed by atoms with Crippen molar-refractivity contribution in [3.8, 4) is 5.88 Å². The molecule has 130 valence electrons. The van der Waals surface area contributed by atoms with E-state index in [4.69, 9.17) is 9.15 Å². The maximum atomic E-state index is 5.57. The minimum absolute atomic E-state index is 0.474. The van der Waals surface area contributed by atoms with Crippen molar-refractivity contribution in [3.63, 3.8) is 0 Å². The Bertz CT molecular complexity index is 662. The van der Waals surface area contributed by atoms with Crippen LogP contribution in [-0.4, -0.2) is 29.1 Å². The second kappa shape index (κ2) is 8.90. The number of nitrogens with zero attached hydrogens (tertiary/aromatic N) is 3. The molecule has 0 saturated heterocycles. The second-order valence-electron chi connectivity index (χ2n) is 5.20. The van der Waals surface area contributed by atoms with Gasteiger partial charge in [-0.25, -0.2) is 15.0 Å². The van der Waals surface area contributed by atoms with Crippen LogP contribution < -0.4 is 15.4 Å². The Morgan fingerprint density at radius 1 is 1.29 bits per heavy atom. The van der Waals surface area contributed by atoms with Crippen molar-refractivity contribution in [2.45, 2.75) is 40.8 Å². The number of rotatable bonds is 7. The molecule has 2 N–H and O–H groups in total. The van der Waals surface area contributed by atoms with Crippen molar-refractivity contribution in [1.82, 2.24) is 20.6 Å². The number of nitrogens with one attached hydrogen (secondary N) is 2. The van der Waals surface area contributed by atoms with E-state index in [1.165, 1.54) is 0 Å². The zero-order valence-electron chi connectivity index (χ0n) is 14.7. The first kappa shape index (κ1) is 17.8. The highest BCUT2D eigenvalue weighted by molar-refractivity contribution is 5.79. The molecule has 0 amide bonds. The van der Waals surface area contributed by atoms with Crippen molar-refractivity contribution in [2.75, 3.05) is 13.2 Å². The zero-order valence-corrected chi connectivity index (χ0v) is 14.7. The highest BCUT2D eigenvalue weighted by Gasteiger charge is 2.07. The Hall–Kier alpha value is -2.57. The Kier molecular flexibility index (Phi) is 6.60. The first-order valence-corrected chi connectivity index (χ1v) is 8.15. The molecule has 0 radical (unpaired) electrons. The largest absolute Gasteiger partial charge is 0.478 e. The van der Waals surface area contributed by atoms with Gasteiger partial charge in [0.2, 0.25) is 11.8 Å². The molecule has 0 atom stereocenters. The van der Waals surface area contributed by atoms with Crippen molar-refractivity contribution >= 4 is 5.96 Å². The molecule has 2 heterocycles. The molecule has 0 fully saturated rings. The molecule has 0 aromatic carbocycles. The van der Waals surface area contributed by atoms with E-state index in [2.05, 4.69) is 25.6 Å². The summed E-state index contributed by atoms with van der Waals surface area (Å²) in [4.78, 5) is 13.2. The van der Waals surface area contributed by atoms with Crippen LogP contribution in [0.15, 0.2) is 27.7 Å². The predicted octanol–water partition coefficient (Wildman–Crippen LogP) is 2.34. The molecule has 0 unspecified atom stereocenters. The van der Waals surface area contributed by atoms with Gasteiger partial charge in [0.15, 0.2) is 5.96 Å². The number of guanidine groups is 1. The van der Waals surface area contributed by atoms with Gasteiger partial charge < -0.3 is 19.8 Å². The Balaban J connectivity index is 2.02. The number of oxazole rings is 1. The smallest absolute Gasteiger partial charge is 0.218 e. The molecule has 0 bridgehead atoms. The Labute approximate surface area is 142 Å². The van der Waals surface area contributed by atoms with Crippen molar-refractivity contribution in [3.05, 3.63) is 41.2 Å². The molecule has 0 spiro atoms. The van der Waals surface area contributed by atoms with E-state index in [-0.39, 0.29) is 0 Å². The molecule has 7 heteroatoms. The number of aliphatic imine (C=N–C) groups is 1. The molecule has 0 aliphatic heterocycles. The average molecular weight is 331 g/mol. The summed E-state index contributed by atoms with van der Waals surface area (Å²) in [7, 11) is 0. The quantitative estimate of drug-likeness (QED) is 0.598. The van der Waals surface area contributed by atoms with E-state index in [1.54, 1.807) is 6.20 Å². The van der Waals surface area contributed by atoms with E-state index in [0.717, 1.165) is 23.6 Å². The lowest BCUT2D eigenvalue weighted by Gasteiger charge is -2.11. The van der Waals surface area contributed by atoms with Gasteiger partial charge in [-0.2, -0.15) is 0 Å². The number of hydrogen-bond acceptors (Lipinski definition) is 5. The molecule has 0 aliphatic carbocycles. The van der Waals surface area contributed by atoms with Crippen molar-refractivity contribution in [1.29, 1.82) is 0 Å². The molecule has 7 nitrogen and oxygen atoms in total. The third-order valence-corrected chi connectivity index (χ3v) is 3.36. The minimum Gasteiger partial charge on any atom is -0.478 e. The third-order valence-electron chi connectivity index (χ3n) is 3.36. The number of pyridine rings is 1. The summed E-state index contributed by atoms with van der Waals surface area (Å²) in [6.07, 6.45) is 1.72. The molecule has 0 saturated carbocycles. The van der Waals surface area contributed by atoms with Crippen LogP contribution in [0.25, 0.3) is 0 Å². The number of aryl methyl sites for hydroxylation is 2. The Morgan fingerprint density at radius 3 is 2.79 bits per heavy atom. The maximum Gasteiger partial charge on any atom is 0.218 e. The third kappa shape index (κ3) is 4.97. The van der Waals surface area contributed by atoms with E-state index < -0.39 is 0 Å². The number of hydrogen-bond donors (Lipinski definition) is 2. The van der Waals surface area contributed by atoms with Gasteiger partial charge in [-0.1, -0.05) is 6.07 Å². The van der Waals surface area contributed by atoms with Crippen LogP contribution in [0.3, 0.4) is 0 Å². The fourth-order valence-corrected chi connectivity index (χ4v) is 2.09. The second-order valence-corrected chi connectivity index (χ2v) is 5.20. The molecular weight excluding hydrogens is 306 g/mol. The fourth-order valence-electron chi connectivity index (χ4n) is 2.09. The van der Waals surface area contributed by atoms with Crippen LogP contribution in [0.2, 0.25) is 0 Å². The van der Waals surface area contributed by atoms with Gasteiger partial charge in [0.25, 0.3) is 0 Å². The van der Waals surface area contributed by atoms with Gasteiger partial charge in [-0.05, 0) is 33.8 Å². The topological polar surface area (TPSA) is 84.6 Å². The summed E-state index contributed by atoms with van der Waals surface area (Å²) in [5, 5.41) is 6.42. The van der Waals surface area contributed by atoms with Crippen molar-refractivity contribution in [2.24, 2.45) is 4.99 Å². The van der Waals surface area contributed by atoms with Crippen LogP contribution in [-0.2, 0) is 13.1 Å². The molecule has 2 aromatic rings.